The SMILES string of the molecule is CCNC(=NCc1ccccc1CN(C)C)N1CC(C)C(C(=O)OC)C1. The third-order valence-corrected chi connectivity index (χ3v) is 4.75. The summed E-state index contributed by atoms with van der Waals surface area (Å²) in [6.07, 6.45) is 0. The van der Waals surface area contributed by atoms with E-state index in [0.29, 0.717) is 13.1 Å². The Morgan fingerprint density at radius 3 is 2.62 bits per heavy atom. The van der Waals surface area contributed by atoms with E-state index in [9.17, 15) is 4.79 Å². The van der Waals surface area contributed by atoms with Crippen molar-refractivity contribution in [2.24, 2.45) is 16.8 Å². The van der Waals surface area contributed by atoms with Crippen molar-refractivity contribution in [1.82, 2.24) is 15.1 Å². The molecule has 0 amide bonds. The highest BCUT2D eigenvalue weighted by Gasteiger charge is 2.36. The molecule has 1 saturated heterocycles. The van der Waals surface area contributed by atoms with Gasteiger partial charge in [0.15, 0.2) is 5.96 Å². The summed E-state index contributed by atoms with van der Waals surface area (Å²) >= 11 is 0. The number of rotatable bonds is 6. The minimum absolute atomic E-state index is 0.0927. The molecule has 6 heteroatoms. The maximum atomic E-state index is 12.0. The topological polar surface area (TPSA) is 57.2 Å². The molecular formula is C20H32N4O2. The van der Waals surface area contributed by atoms with Crippen LogP contribution in [0.4, 0.5) is 0 Å². The van der Waals surface area contributed by atoms with Crippen LogP contribution in [0, 0.1) is 11.8 Å². The molecule has 0 saturated carbocycles. The number of ether oxygens (including phenoxy) is 1. The Hall–Kier alpha value is -2.08. The van der Waals surface area contributed by atoms with Crippen LogP contribution in [0.2, 0.25) is 0 Å². The maximum Gasteiger partial charge on any atom is 0.310 e. The van der Waals surface area contributed by atoms with E-state index in [1.165, 1.54) is 18.2 Å². The number of likely N-dealkylation sites (tertiary alicyclic amines) is 1. The van der Waals surface area contributed by atoms with E-state index < -0.39 is 0 Å². The molecule has 26 heavy (non-hydrogen) atoms. The van der Waals surface area contributed by atoms with Crippen molar-refractivity contribution in [3.63, 3.8) is 0 Å². The van der Waals surface area contributed by atoms with Gasteiger partial charge in [-0.15, -0.1) is 0 Å². The largest absolute Gasteiger partial charge is 0.469 e. The van der Waals surface area contributed by atoms with Gasteiger partial charge < -0.3 is 19.9 Å². The number of hydrogen-bond acceptors (Lipinski definition) is 4. The molecule has 2 rings (SSSR count). The Morgan fingerprint density at radius 1 is 1.31 bits per heavy atom. The first-order chi connectivity index (χ1) is 12.5. The summed E-state index contributed by atoms with van der Waals surface area (Å²) in [6, 6.07) is 8.42. The Balaban J connectivity index is 2.14. The third kappa shape index (κ3) is 5.21. The minimum Gasteiger partial charge on any atom is -0.469 e. The van der Waals surface area contributed by atoms with Gasteiger partial charge in [0.05, 0.1) is 19.6 Å². The molecule has 1 aromatic rings. The van der Waals surface area contributed by atoms with Crippen LogP contribution in [0.5, 0.6) is 0 Å². The van der Waals surface area contributed by atoms with E-state index in [2.05, 4.69) is 67.3 Å². The van der Waals surface area contributed by atoms with Gasteiger partial charge in [-0.2, -0.15) is 0 Å². The fourth-order valence-electron chi connectivity index (χ4n) is 3.39. The smallest absolute Gasteiger partial charge is 0.310 e. The van der Waals surface area contributed by atoms with Gasteiger partial charge in [0.1, 0.15) is 0 Å². The first kappa shape index (κ1) is 20.2. The Bertz CT molecular complexity index is 630. The molecule has 1 aliphatic rings. The predicted octanol–water partition coefficient (Wildman–Crippen LogP) is 1.95. The zero-order valence-electron chi connectivity index (χ0n) is 16.7. The number of guanidine groups is 1. The van der Waals surface area contributed by atoms with Gasteiger partial charge in [-0.25, -0.2) is 4.99 Å². The van der Waals surface area contributed by atoms with Crippen molar-refractivity contribution in [3.8, 4) is 0 Å². The minimum atomic E-state index is -0.132. The molecule has 6 nitrogen and oxygen atoms in total. The predicted molar refractivity (Wildman–Crippen MR) is 105 cm³/mol. The first-order valence-electron chi connectivity index (χ1n) is 9.28. The summed E-state index contributed by atoms with van der Waals surface area (Å²) in [5.74, 6) is 0.898. The number of hydrogen-bond donors (Lipinski definition) is 1. The van der Waals surface area contributed by atoms with E-state index >= 15 is 0 Å². The second kappa shape index (κ2) is 9.57. The second-order valence-electron chi connectivity index (χ2n) is 7.19. The lowest BCUT2D eigenvalue weighted by atomic mass is 9.99. The quantitative estimate of drug-likeness (QED) is 0.477. The van der Waals surface area contributed by atoms with Crippen LogP contribution in [0.25, 0.3) is 0 Å². The molecule has 144 valence electrons. The summed E-state index contributed by atoms with van der Waals surface area (Å²) < 4.78 is 4.94. The van der Waals surface area contributed by atoms with E-state index in [0.717, 1.165) is 25.6 Å². The molecule has 1 aromatic carbocycles. The van der Waals surface area contributed by atoms with Gasteiger partial charge in [0, 0.05) is 26.2 Å². The van der Waals surface area contributed by atoms with Crippen LogP contribution in [0.1, 0.15) is 25.0 Å². The third-order valence-electron chi connectivity index (χ3n) is 4.75. The van der Waals surface area contributed by atoms with Crippen molar-refractivity contribution in [2.45, 2.75) is 26.9 Å². The monoisotopic (exact) mass is 360 g/mol. The molecular weight excluding hydrogens is 328 g/mol. The lowest BCUT2D eigenvalue weighted by Gasteiger charge is -2.22. The van der Waals surface area contributed by atoms with Gasteiger partial charge in [0.2, 0.25) is 0 Å². The number of nitrogens with one attached hydrogen (secondary N) is 1. The highest BCUT2D eigenvalue weighted by Crippen LogP contribution is 2.24. The lowest BCUT2D eigenvalue weighted by Crippen LogP contribution is -2.40. The van der Waals surface area contributed by atoms with Crippen LogP contribution in [-0.4, -0.2) is 62.6 Å². The van der Waals surface area contributed by atoms with Crippen molar-refractivity contribution in [2.75, 3.05) is 40.8 Å². The van der Waals surface area contributed by atoms with Gasteiger partial charge in [-0.3, -0.25) is 4.79 Å². The number of benzene rings is 1. The summed E-state index contributed by atoms with van der Waals surface area (Å²) in [5, 5.41) is 3.37. The summed E-state index contributed by atoms with van der Waals surface area (Å²) in [5.41, 5.74) is 2.52. The summed E-state index contributed by atoms with van der Waals surface area (Å²) in [6.45, 7) is 7.94. The Labute approximate surface area is 157 Å². The zero-order chi connectivity index (χ0) is 19.1. The standard InChI is InChI=1S/C20H32N4O2/c1-6-21-20(24-12-15(2)18(14-24)19(25)26-5)22-11-16-9-7-8-10-17(16)13-23(3)4/h7-10,15,18H,6,11-14H2,1-5H3,(H,21,22). The molecule has 1 aliphatic heterocycles. The van der Waals surface area contributed by atoms with Crippen molar-refractivity contribution in [1.29, 1.82) is 0 Å². The fraction of sp³-hybridized carbons (Fsp3) is 0.600. The molecule has 0 aromatic heterocycles. The molecule has 1 heterocycles. The second-order valence-corrected chi connectivity index (χ2v) is 7.19. The van der Waals surface area contributed by atoms with Crippen molar-refractivity contribution in [3.05, 3.63) is 35.4 Å². The number of carbonyl (C=O) groups is 1. The molecule has 2 atom stereocenters. The van der Waals surface area contributed by atoms with Crippen LogP contribution in [-0.2, 0) is 22.6 Å². The summed E-state index contributed by atoms with van der Waals surface area (Å²) in [7, 11) is 5.60. The van der Waals surface area contributed by atoms with Gasteiger partial charge in [-0.1, -0.05) is 31.2 Å². The van der Waals surface area contributed by atoms with E-state index in [1.807, 2.05) is 0 Å². The molecule has 1 fully saturated rings. The van der Waals surface area contributed by atoms with Crippen molar-refractivity contribution >= 4 is 11.9 Å². The van der Waals surface area contributed by atoms with Crippen LogP contribution in [0.15, 0.2) is 29.3 Å². The molecule has 0 bridgehead atoms. The van der Waals surface area contributed by atoms with E-state index in [-0.39, 0.29) is 17.8 Å². The molecule has 0 aliphatic carbocycles. The molecule has 1 N–H and O–H groups in total. The Morgan fingerprint density at radius 2 is 2.00 bits per heavy atom. The number of nitrogens with zero attached hydrogens (tertiary/aromatic N) is 3. The lowest BCUT2D eigenvalue weighted by molar-refractivity contribution is -0.145. The highest BCUT2D eigenvalue weighted by molar-refractivity contribution is 5.82. The zero-order valence-corrected chi connectivity index (χ0v) is 16.7. The average molecular weight is 361 g/mol. The van der Waals surface area contributed by atoms with Crippen molar-refractivity contribution < 1.29 is 9.53 Å². The van der Waals surface area contributed by atoms with Crippen LogP contribution < -0.4 is 5.32 Å². The van der Waals surface area contributed by atoms with Gasteiger partial charge >= 0.3 is 5.97 Å². The van der Waals surface area contributed by atoms with Gasteiger partial charge in [-0.05, 0) is 38.1 Å². The normalized spacial score (nSPS) is 20.5. The van der Waals surface area contributed by atoms with E-state index in [4.69, 9.17) is 9.73 Å². The van der Waals surface area contributed by atoms with Gasteiger partial charge in [0.25, 0.3) is 0 Å². The molecule has 0 radical (unpaired) electrons. The highest BCUT2D eigenvalue weighted by atomic mass is 16.5. The number of aliphatic imine (C=N–C) groups is 1. The summed E-state index contributed by atoms with van der Waals surface area (Å²) in [4.78, 5) is 21.1. The van der Waals surface area contributed by atoms with Crippen LogP contribution >= 0.6 is 0 Å². The fourth-order valence-corrected chi connectivity index (χ4v) is 3.39. The number of methoxy groups -OCH3 is 1. The first-order valence-corrected chi connectivity index (χ1v) is 9.28. The maximum absolute atomic E-state index is 12.0. The Kier molecular flexibility index (Phi) is 7.45. The average Bonchev–Trinajstić information content (AvgIpc) is 3.00. The van der Waals surface area contributed by atoms with E-state index in [1.54, 1.807) is 0 Å². The number of carbonyl (C=O) groups excluding carboxylic acids is 1. The molecule has 2 unspecified atom stereocenters. The molecule has 0 spiro atoms. The van der Waals surface area contributed by atoms with Crippen LogP contribution in [0.3, 0.4) is 0 Å². The number of esters is 1.